The van der Waals surface area contributed by atoms with E-state index >= 15 is 0 Å². The molecule has 0 radical (unpaired) electrons. The molecule has 1 aromatic carbocycles. The summed E-state index contributed by atoms with van der Waals surface area (Å²) in [4.78, 5) is 24.3. The number of isocyanates is 1. The van der Waals surface area contributed by atoms with Crippen molar-refractivity contribution in [2.45, 2.75) is 6.54 Å². The lowest BCUT2D eigenvalue weighted by molar-refractivity contribution is 0.111. The average Bonchev–Trinajstić information content (AvgIpc) is 2.75. The van der Waals surface area contributed by atoms with Gasteiger partial charge in [0.2, 0.25) is 12.9 Å². The number of benzene rings is 1. The van der Waals surface area contributed by atoms with Gasteiger partial charge in [-0.3, -0.25) is 4.79 Å². The molecule has 1 aliphatic rings. The Morgan fingerprint density at radius 1 is 1.50 bits per heavy atom. The third kappa shape index (κ3) is 1.66. The molecule has 0 N–H and O–H groups in total. The molecular formula is C10H6ClNO4. The second kappa shape index (κ2) is 4.35. The summed E-state index contributed by atoms with van der Waals surface area (Å²) in [5.74, 6) is 0.712. The van der Waals surface area contributed by atoms with Crippen molar-refractivity contribution < 1.29 is 19.1 Å². The van der Waals surface area contributed by atoms with Gasteiger partial charge < -0.3 is 9.47 Å². The Kier molecular flexibility index (Phi) is 2.90. The van der Waals surface area contributed by atoms with Crippen molar-refractivity contribution in [3.05, 3.63) is 22.2 Å². The standard InChI is InChI=1S/C10H6ClNO4/c11-8-1-6(2-12-4-14)9-10(7(8)3-13)16-5-15-9/h1,3H,2,5H2. The molecule has 0 aromatic heterocycles. The molecule has 0 unspecified atom stereocenters. The molecule has 0 spiro atoms. The molecule has 6 heteroatoms. The number of nitrogens with zero attached hydrogens (tertiary/aromatic N) is 1. The molecule has 0 amide bonds. The summed E-state index contributed by atoms with van der Waals surface area (Å²) in [5, 5.41) is 0.246. The summed E-state index contributed by atoms with van der Waals surface area (Å²) in [7, 11) is 0. The second-order valence-corrected chi connectivity index (χ2v) is 3.43. The molecule has 82 valence electrons. The van der Waals surface area contributed by atoms with Crippen LogP contribution in [0.1, 0.15) is 15.9 Å². The van der Waals surface area contributed by atoms with Gasteiger partial charge in [-0.2, -0.15) is 0 Å². The zero-order valence-electron chi connectivity index (χ0n) is 8.03. The van der Waals surface area contributed by atoms with Crippen LogP contribution in [0, 0.1) is 0 Å². The SMILES string of the molecule is O=C=NCc1cc(Cl)c(C=O)c2c1OCO2. The third-order valence-electron chi connectivity index (χ3n) is 2.14. The van der Waals surface area contributed by atoms with Crippen LogP contribution < -0.4 is 9.47 Å². The largest absolute Gasteiger partial charge is 0.453 e. The first-order chi connectivity index (χ1) is 7.77. The van der Waals surface area contributed by atoms with Crippen LogP contribution in [0.25, 0.3) is 0 Å². The van der Waals surface area contributed by atoms with Crippen LogP contribution in [0.15, 0.2) is 11.1 Å². The molecule has 0 bridgehead atoms. The topological polar surface area (TPSA) is 65.0 Å². The second-order valence-electron chi connectivity index (χ2n) is 3.02. The van der Waals surface area contributed by atoms with E-state index in [9.17, 15) is 9.59 Å². The summed E-state index contributed by atoms with van der Waals surface area (Å²) >= 11 is 5.89. The van der Waals surface area contributed by atoms with Crippen molar-refractivity contribution in [2.24, 2.45) is 4.99 Å². The van der Waals surface area contributed by atoms with Crippen LogP contribution in [0.4, 0.5) is 0 Å². The normalized spacial score (nSPS) is 12.1. The van der Waals surface area contributed by atoms with Crippen molar-refractivity contribution in [3.8, 4) is 11.5 Å². The van der Waals surface area contributed by atoms with Crippen LogP contribution in [-0.2, 0) is 11.3 Å². The van der Waals surface area contributed by atoms with Gasteiger partial charge in [0, 0.05) is 5.56 Å². The number of hydrogen-bond acceptors (Lipinski definition) is 5. The molecule has 0 atom stereocenters. The van der Waals surface area contributed by atoms with E-state index in [1.54, 1.807) is 0 Å². The van der Waals surface area contributed by atoms with Gasteiger partial charge in [0.15, 0.2) is 17.8 Å². The number of carbonyl (C=O) groups excluding carboxylic acids is 2. The molecule has 0 saturated carbocycles. The van der Waals surface area contributed by atoms with E-state index in [4.69, 9.17) is 21.1 Å². The van der Waals surface area contributed by atoms with Crippen molar-refractivity contribution >= 4 is 24.0 Å². The zero-order valence-corrected chi connectivity index (χ0v) is 8.78. The Balaban J connectivity index is 2.56. The summed E-state index contributed by atoms with van der Waals surface area (Å²) < 4.78 is 10.3. The number of aliphatic imine (C=N–C) groups is 1. The highest BCUT2D eigenvalue weighted by Gasteiger charge is 2.24. The van der Waals surface area contributed by atoms with Gasteiger partial charge in [-0.15, -0.1) is 0 Å². The molecule has 0 saturated heterocycles. The summed E-state index contributed by atoms with van der Waals surface area (Å²) in [6.45, 7) is 0.113. The molecule has 0 aliphatic carbocycles. The van der Waals surface area contributed by atoms with Gasteiger partial charge in [-0.05, 0) is 6.07 Å². The van der Waals surface area contributed by atoms with E-state index in [1.165, 1.54) is 12.1 Å². The van der Waals surface area contributed by atoms with E-state index < -0.39 is 0 Å². The van der Waals surface area contributed by atoms with Crippen molar-refractivity contribution in [3.63, 3.8) is 0 Å². The first-order valence-corrected chi connectivity index (χ1v) is 4.75. The van der Waals surface area contributed by atoms with Gasteiger partial charge in [-0.25, -0.2) is 9.79 Å². The fourth-order valence-corrected chi connectivity index (χ4v) is 1.73. The Bertz CT molecular complexity index is 494. The number of hydrogen-bond donors (Lipinski definition) is 0. The Morgan fingerprint density at radius 2 is 2.25 bits per heavy atom. The minimum absolute atomic E-state index is 0.0221. The summed E-state index contributed by atoms with van der Waals surface area (Å²) in [5.41, 5.74) is 0.833. The maximum Gasteiger partial charge on any atom is 0.235 e. The maximum atomic E-state index is 10.8. The Morgan fingerprint density at radius 3 is 2.94 bits per heavy atom. The number of aldehydes is 1. The van der Waals surface area contributed by atoms with Crippen LogP contribution >= 0.6 is 11.6 Å². The van der Waals surface area contributed by atoms with Gasteiger partial charge >= 0.3 is 0 Å². The van der Waals surface area contributed by atoms with Crippen LogP contribution in [0.2, 0.25) is 5.02 Å². The van der Waals surface area contributed by atoms with Crippen molar-refractivity contribution in [1.29, 1.82) is 0 Å². The number of carbonyl (C=O) groups is 1. The van der Waals surface area contributed by atoms with E-state index in [2.05, 4.69) is 4.99 Å². The number of ether oxygens (including phenoxy) is 2. The quantitative estimate of drug-likeness (QED) is 0.458. The summed E-state index contributed by atoms with van der Waals surface area (Å²) in [6.07, 6.45) is 2.02. The first-order valence-electron chi connectivity index (χ1n) is 4.37. The molecule has 1 heterocycles. The first kappa shape index (κ1) is 10.7. The zero-order chi connectivity index (χ0) is 11.5. The lowest BCUT2D eigenvalue weighted by Crippen LogP contribution is -1.94. The smallest absolute Gasteiger partial charge is 0.235 e. The molecule has 2 rings (SSSR count). The average molecular weight is 240 g/mol. The van der Waals surface area contributed by atoms with E-state index in [0.29, 0.717) is 23.3 Å². The molecule has 16 heavy (non-hydrogen) atoms. The number of fused-ring (bicyclic) bond motifs is 1. The van der Waals surface area contributed by atoms with Gasteiger partial charge in [0.05, 0.1) is 17.1 Å². The number of rotatable bonds is 3. The molecule has 0 fully saturated rings. The van der Waals surface area contributed by atoms with E-state index in [-0.39, 0.29) is 23.9 Å². The monoisotopic (exact) mass is 239 g/mol. The fourth-order valence-electron chi connectivity index (χ4n) is 1.47. The van der Waals surface area contributed by atoms with Crippen LogP contribution in [0.3, 0.4) is 0 Å². The molecule has 1 aliphatic heterocycles. The van der Waals surface area contributed by atoms with Crippen molar-refractivity contribution in [2.75, 3.05) is 6.79 Å². The highest BCUT2D eigenvalue weighted by Crippen LogP contribution is 2.42. The highest BCUT2D eigenvalue weighted by molar-refractivity contribution is 6.33. The molecular weight excluding hydrogens is 234 g/mol. The van der Waals surface area contributed by atoms with E-state index in [0.717, 1.165) is 0 Å². The van der Waals surface area contributed by atoms with Crippen LogP contribution in [-0.4, -0.2) is 19.2 Å². The van der Waals surface area contributed by atoms with Crippen LogP contribution in [0.5, 0.6) is 11.5 Å². The molecule has 5 nitrogen and oxygen atoms in total. The Hall–Kier alpha value is -1.84. The Labute approximate surface area is 95.6 Å². The van der Waals surface area contributed by atoms with Gasteiger partial charge in [0.1, 0.15) is 0 Å². The minimum atomic E-state index is 0.0221. The maximum absolute atomic E-state index is 10.8. The predicted molar refractivity (Wildman–Crippen MR) is 54.8 cm³/mol. The minimum Gasteiger partial charge on any atom is -0.453 e. The fraction of sp³-hybridized carbons (Fsp3) is 0.200. The number of halogens is 1. The van der Waals surface area contributed by atoms with Crippen molar-refractivity contribution in [1.82, 2.24) is 0 Å². The lowest BCUT2D eigenvalue weighted by atomic mass is 10.1. The van der Waals surface area contributed by atoms with E-state index in [1.807, 2.05) is 0 Å². The summed E-state index contributed by atoms with van der Waals surface area (Å²) in [6, 6.07) is 1.53. The predicted octanol–water partition coefficient (Wildman–Crippen LogP) is 1.72. The van der Waals surface area contributed by atoms with Gasteiger partial charge in [0.25, 0.3) is 0 Å². The lowest BCUT2D eigenvalue weighted by Gasteiger charge is -2.06. The third-order valence-corrected chi connectivity index (χ3v) is 2.45. The highest BCUT2D eigenvalue weighted by atomic mass is 35.5. The molecule has 1 aromatic rings. The van der Waals surface area contributed by atoms with Gasteiger partial charge in [-0.1, -0.05) is 11.6 Å².